The van der Waals surface area contributed by atoms with Gasteiger partial charge in [-0.2, -0.15) is 4.58 Å². The largest absolute Gasteiger partial charge is 0.748 e. The average molecular weight is 588 g/mol. The van der Waals surface area contributed by atoms with Crippen molar-refractivity contribution in [1.29, 1.82) is 0 Å². The van der Waals surface area contributed by atoms with Gasteiger partial charge < -0.3 is 9.45 Å². The minimum absolute atomic E-state index is 0.0825. The smallest absolute Gasteiger partial charge is 0.269 e. The van der Waals surface area contributed by atoms with Crippen molar-refractivity contribution in [3.05, 3.63) is 99.8 Å². The van der Waals surface area contributed by atoms with E-state index in [9.17, 15) is 23.1 Å². The molecule has 2 aliphatic rings. The SMILES string of the molecule is CCCN1/C(=C\C=C\C2=[N+](CCCS(=O)(=O)[O-])c3ccc4ccccc4c3C2(C)C)C(C)(C)c2cc([N+](=O)[O-])ccc21. The van der Waals surface area contributed by atoms with Crippen molar-refractivity contribution in [2.24, 2.45) is 0 Å². The van der Waals surface area contributed by atoms with Gasteiger partial charge >= 0.3 is 0 Å². The van der Waals surface area contributed by atoms with E-state index in [-0.39, 0.29) is 22.4 Å². The summed E-state index contributed by atoms with van der Waals surface area (Å²) in [6.45, 7) is 11.8. The molecule has 42 heavy (non-hydrogen) atoms. The molecule has 8 nitrogen and oxygen atoms in total. The van der Waals surface area contributed by atoms with E-state index in [0.29, 0.717) is 6.54 Å². The van der Waals surface area contributed by atoms with Crippen LogP contribution < -0.4 is 4.90 Å². The van der Waals surface area contributed by atoms with Gasteiger partial charge in [-0.05, 0) is 54.8 Å². The first kappa shape index (κ1) is 29.7. The second-order valence-electron chi connectivity index (χ2n) is 12.1. The van der Waals surface area contributed by atoms with Gasteiger partial charge in [-0.3, -0.25) is 10.1 Å². The molecule has 0 atom stereocenters. The number of hydrogen-bond acceptors (Lipinski definition) is 6. The van der Waals surface area contributed by atoms with Gasteiger partial charge in [0.05, 0.1) is 20.5 Å². The number of rotatable bonds is 9. The molecule has 2 heterocycles. The molecule has 0 saturated heterocycles. The highest BCUT2D eigenvalue weighted by molar-refractivity contribution is 7.85. The number of nitro groups is 1. The summed E-state index contributed by atoms with van der Waals surface area (Å²) in [7, 11) is -4.32. The van der Waals surface area contributed by atoms with Crippen LogP contribution in [0.1, 0.15) is 58.6 Å². The van der Waals surface area contributed by atoms with Crippen molar-refractivity contribution in [3.63, 3.8) is 0 Å². The molecule has 3 aromatic carbocycles. The molecule has 0 N–H and O–H groups in total. The minimum atomic E-state index is -4.32. The van der Waals surface area contributed by atoms with Crippen molar-refractivity contribution in [2.45, 2.75) is 58.3 Å². The van der Waals surface area contributed by atoms with Crippen molar-refractivity contribution in [2.75, 3.05) is 23.7 Å². The van der Waals surface area contributed by atoms with Gasteiger partial charge in [-0.1, -0.05) is 51.1 Å². The molecule has 3 aromatic rings. The standard InChI is InChI=1S/C33H37N3O5S/c1-6-19-34-27-18-16-24(36(37)38)22-26(27)32(2,3)29(34)13-9-14-30-33(4,5)31-25-12-8-7-11-23(25)15-17-28(31)35(30)20-10-21-42(39,40)41/h7-9,11-18,22H,6,10,19-21H2,1-5H3. The molecule has 5 rings (SSSR count). The Bertz CT molecular complexity index is 1780. The number of nitro benzene ring substituents is 1. The van der Waals surface area contributed by atoms with Crippen molar-refractivity contribution in [3.8, 4) is 0 Å². The van der Waals surface area contributed by atoms with E-state index < -0.39 is 21.3 Å². The third-order valence-corrected chi connectivity index (χ3v) is 9.36. The number of allylic oxidation sites excluding steroid dienone is 4. The van der Waals surface area contributed by atoms with E-state index in [1.807, 2.05) is 24.3 Å². The van der Waals surface area contributed by atoms with E-state index in [0.717, 1.165) is 52.1 Å². The molecule has 2 aliphatic heterocycles. The first-order valence-corrected chi connectivity index (χ1v) is 15.9. The number of fused-ring (bicyclic) bond motifs is 4. The van der Waals surface area contributed by atoms with E-state index in [1.54, 1.807) is 12.1 Å². The van der Waals surface area contributed by atoms with Gasteiger partial charge in [0.15, 0.2) is 5.71 Å². The summed E-state index contributed by atoms with van der Waals surface area (Å²) in [4.78, 5) is 13.4. The Morgan fingerprint density at radius 1 is 1.02 bits per heavy atom. The molecule has 0 aromatic heterocycles. The van der Waals surface area contributed by atoms with E-state index in [4.69, 9.17) is 0 Å². The van der Waals surface area contributed by atoms with Gasteiger partial charge in [-0.15, -0.1) is 0 Å². The predicted molar refractivity (Wildman–Crippen MR) is 167 cm³/mol. The quantitative estimate of drug-likeness (QED) is 0.119. The maximum atomic E-state index is 11.5. The monoisotopic (exact) mass is 587 g/mol. The second kappa shape index (κ2) is 10.8. The van der Waals surface area contributed by atoms with Crippen LogP contribution in [0.5, 0.6) is 0 Å². The zero-order chi connectivity index (χ0) is 30.4. The van der Waals surface area contributed by atoms with Crippen LogP contribution in [-0.2, 0) is 20.9 Å². The highest BCUT2D eigenvalue weighted by Crippen LogP contribution is 2.49. The molecule has 0 saturated carbocycles. The zero-order valence-electron chi connectivity index (χ0n) is 24.8. The lowest BCUT2D eigenvalue weighted by Gasteiger charge is -2.26. The van der Waals surface area contributed by atoms with Crippen molar-refractivity contribution < 1.29 is 22.5 Å². The number of nitrogens with zero attached hydrogens (tertiary/aromatic N) is 3. The molecular weight excluding hydrogens is 550 g/mol. The van der Waals surface area contributed by atoms with Crippen LogP contribution in [-0.4, -0.2) is 47.0 Å². The maximum absolute atomic E-state index is 11.5. The van der Waals surface area contributed by atoms with E-state index in [1.165, 1.54) is 5.56 Å². The summed E-state index contributed by atoms with van der Waals surface area (Å²) in [5.74, 6) is -0.418. The number of hydrogen-bond donors (Lipinski definition) is 0. The van der Waals surface area contributed by atoms with Gasteiger partial charge in [-0.25, -0.2) is 8.42 Å². The summed E-state index contributed by atoms with van der Waals surface area (Å²) in [6.07, 6.45) is 7.34. The molecule has 0 radical (unpaired) electrons. The Balaban J connectivity index is 1.59. The van der Waals surface area contributed by atoms with Gasteiger partial charge in [0.1, 0.15) is 6.54 Å². The summed E-state index contributed by atoms with van der Waals surface area (Å²) in [5.41, 5.74) is 5.42. The Kier molecular flexibility index (Phi) is 7.62. The fourth-order valence-corrected chi connectivity index (χ4v) is 7.13. The Morgan fingerprint density at radius 3 is 2.45 bits per heavy atom. The molecule has 220 valence electrons. The Hall–Kier alpha value is -3.82. The molecule has 0 unspecified atom stereocenters. The summed E-state index contributed by atoms with van der Waals surface area (Å²) in [6, 6.07) is 17.5. The molecule has 9 heteroatoms. The minimum Gasteiger partial charge on any atom is -0.748 e. The van der Waals surface area contributed by atoms with Crippen LogP contribution in [0.4, 0.5) is 17.1 Å². The molecule has 0 aliphatic carbocycles. The topological polar surface area (TPSA) is 107 Å². The van der Waals surface area contributed by atoms with Crippen LogP contribution in [0.2, 0.25) is 0 Å². The van der Waals surface area contributed by atoms with Crippen LogP contribution >= 0.6 is 0 Å². The predicted octanol–water partition coefficient (Wildman–Crippen LogP) is 6.71. The van der Waals surface area contributed by atoms with Crippen molar-refractivity contribution in [1.82, 2.24) is 0 Å². The molecule has 0 amide bonds. The average Bonchev–Trinajstić information content (AvgIpc) is 3.27. The number of anilines is 1. The zero-order valence-corrected chi connectivity index (χ0v) is 25.6. The van der Waals surface area contributed by atoms with E-state index in [2.05, 4.69) is 80.5 Å². The second-order valence-corrected chi connectivity index (χ2v) is 13.6. The molecule has 0 spiro atoms. The fourth-order valence-electron chi connectivity index (χ4n) is 6.65. The Labute approximate surface area is 247 Å². The van der Waals surface area contributed by atoms with Gasteiger partial charge in [0, 0.05) is 65.4 Å². The van der Waals surface area contributed by atoms with Crippen LogP contribution in [0.15, 0.2) is 78.5 Å². The number of benzene rings is 3. The normalized spacial score (nSPS) is 18.3. The third kappa shape index (κ3) is 5.16. The fraction of sp³-hybridized carbons (Fsp3) is 0.364. The van der Waals surface area contributed by atoms with Crippen LogP contribution in [0.3, 0.4) is 0 Å². The van der Waals surface area contributed by atoms with Crippen molar-refractivity contribution >= 4 is 43.7 Å². The highest BCUT2D eigenvalue weighted by Gasteiger charge is 2.45. The molecule has 0 bridgehead atoms. The lowest BCUT2D eigenvalue weighted by molar-refractivity contribution is -0.437. The Morgan fingerprint density at radius 2 is 1.76 bits per heavy atom. The summed E-state index contributed by atoms with van der Waals surface area (Å²) < 4.78 is 36.4. The number of non-ortho nitro benzene ring substituents is 1. The van der Waals surface area contributed by atoms with E-state index >= 15 is 0 Å². The first-order valence-electron chi connectivity index (χ1n) is 14.3. The maximum Gasteiger partial charge on any atom is 0.269 e. The lowest BCUT2D eigenvalue weighted by Crippen LogP contribution is -2.28. The molecule has 0 fully saturated rings. The van der Waals surface area contributed by atoms with Gasteiger partial charge in [0.25, 0.3) is 5.69 Å². The molecular formula is C33H37N3O5S. The van der Waals surface area contributed by atoms with Crippen LogP contribution in [0, 0.1) is 10.1 Å². The first-order chi connectivity index (χ1) is 19.8. The highest BCUT2D eigenvalue weighted by atomic mass is 32.2. The summed E-state index contributed by atoms with van der Waals surface area (Å²) >= 11 is 0. The third-order valence-electron chi connectivity index (χ3n) is 8.57. The summed E-state index contributed by atoms with van der Waals surface area (Å²) in [5, 5.41) is 13.8. The van der Waals surface area contributed by atoms with Gasteiger partial charge in [0.2, 0.25) is 5.69 Å². The lowest BCUT2D eigenvalue weighted by atomic mass is 9.79. The van der Waals surface area contributed by atoms with Crippen LogP contribution in [0.25, 0.3) is 10.8 Å².